The zero-order chi connectivity index (χ0) is 24.2. The van der Waals surface area contributed by atoms with Gasteiger partial charge in [0.25, 0.3) is 0 Å². The summed E-state index contributed by atoms with van der Waals surface area (Å²) in [6.45, 7) is 4.45. The topological polar surface area (TPSA) is 95.9 Å². The van der Waals surface area contributed by atoms with Crippen LogP contribution in [0.2, 0.25) is 0 Å². The number of hydrogen-bond donors (Lipinski definition) is 2. The molecule has 1 fully saturated rings. The summed E-state index contributed by atoms with van der Waals surface area (Å²) in [7, 11) is 0. The second kappa shape index (κ2) is 10.3. The fourth-order valence-corrected chi connectivity index (χ4v) is 5.26. The van der Waals surface area contributed by atoms with Crippen LogP contribution in [0.25, 0.3) is 11.1 Å². The van der Waals surface area contributed by atoms with E-state index < -0.39 is 18.0 Å². The highest BCUT2D eigenvalue weighted by Gasteiger charge is 2.36. The first-order valence-electron chi connectivity index (χ1n) is 12.0. The minimum Gasteiger partial charge on any atom is -0.481 e. The highest BCUT2D eigenvalue weighted by Crippen LogP contribution is 2.44. The smallest absolute Gasteiger partial charge is 0.407 e. The van der Waals surface area contributed by atoms with Gasteiger partial charge in [-0.1, -0.05) is 55.5 Å². The predicted octanol–water partition coefficient (Wildman–Crippen LogP) is 4.41. The van der Waals surface area contributed by atoms with Crippen LogP contribution >= 0.6 is 0 Å². The van der Waals surface area contributed by atoms with E-state index in [1.54, 1.807) is 11.8 Å². The molecule has 1 aliphatic carbocycles. The van der Waals surface area contributed by atoms with Crippen LogP contribution in [0.5, 0.6) is 0 Å². The second-order valence-electron chi connectivity index (χ2n) is 9.19. The molecule has 3 atom stereocenters. The molecule has 0 radical (unpaired) electrons. The van der Waals surface area contributed by atoms with Crippen molar-refractivity contribution in [1.82, 2.24) is 10.2 Å². The van der Waals surface area contributed by atoms with Gasteiger partial charge < -0.3 is 20.1 Å². The minimum absolute atomic E-state index is 0.0259. The standard InChI is InChI=1S/C27H32N2O5/c1-3-18(15-25(30)29-14-8-13-19(17(29)2)26(31)32)28-27(33)34-16-24-22-11-6-4-9-20(22)21-10-5-7-12-23(21)24/h4-7,9-12,17-19,24H,3,8,13-16H2,1-2H3,(H,28,33)(H,31,32)/t17?,18-,19?/m1/s1. The van der Waals surface area contributed by atoms with Gasteiger partial charge in [0.2, 0.25) is 5.91 Å². The van der Waals surface area contributed by atoms with Gasteiger partial charge in [-0.25, -0.2) is 4.79 Å². The fourth-order valence-electron chi connectivity index (χ4n) is 5.26. The first-order chi connectivity index (χ1) is 16.4. The molecule has 2 amide bonds. The molecule has 34 heavy (non-hydrogen) atoms. The van der Waals surface area contributed by atoms with Crippen molar-refractivity contribution < 1.29 is 24.2 Å². The maximum atomic E-state index is 12.9. The molecule has 7 heteroatoms. The predicted molar refractivity (Wildman–Crippen MR) is 128 cm³/mol. The number of piperidine rings is 1. The SMILES string of the molecule is CC[C@H](CC(=O)N1CCCC(C(=O)O)C1C)NC(=O)OCC1c2ccccc2-c2ccccc21. The Bertz CT molecular complexity index is 1020. The van der Waals surface area contributed by atoms with E-state index >= 15 is 0 Å². The van der Waals surface area contributed by atoms with E-state index in [2.05, 4.69) is 29.6 Å². The van der Waals surface area contributed by atoms with Gasteiger partial charge in [0.15, 0.2) is 0 Å². The number of carboxylic acid groups (broad SMARTS) is 1. The third-order valence-electron chi connectivity index (χ3n) is 7.21. The summed E-state index contributed by atoms with van der Waals surface area (Å²) in [5.74, 6) is -1.58. The molecule has 1 saturated heterocycles. The second-order valence-corrected chi connectivity index (χ2v) is 9.19. The van der Waals surface area contributed by atoms with E-state index in [0.29, 0.717) is 25.8 Å². The van der Waals surface area contributed by atoms with E-state index in [1.165, 1.54) is 11.1 Å². The lowest BCUT2D eigenvalue weighted by molar-refractivity contribution is -0.149. The molecular weight excluding hydrogens is 432 g/mol. The third kappa shape index (κ3) is 4.79. The van der Waals surface area contributed by atoms with Crippen LogP contribution in [0, 0.1) is 5.92 Å². The number of fused-ring (bicyclic) bond motifs is 3. The van der Waals surface area contributed by atoms with Crippen LogP contribution in [-0.4, -0.2) is 53.2 Å². The van der Waals surface area contributed by atoms with Gasteiger partial charge in [-0.05, 0) is 48.4 Å². The number of nitrogens with zero attached hydrogens (tertiary/aromatic N) is 1. The maximum Gasteiger partial charge on any atom is 0.407 e. The fraction of sp³-hybridized carbons (Fsp3) is 0.444. The Kier molecular flexibility index (Phi) is 7.20. The molecule has 2 aromatic rings. The molecule has 0 spiro atoms. The van der Waals surface area contributed by atoms with Crippen LogP contribution < -0.4 is 5.32 Å². The van der Waals surface area contributed by atoms with Crippen molar-refractivity contribution in [3.63, 3.8) is 0 Å². The summed E-state index contributed by atoms with van der Waals surface area (Å²) in [5, 5.41) is 12.2. The molecule has 1 heterocycles. The largest absolute Gasteiger partial charge is 0.481 e. The Morgan fingerprint density at radius 3 is 2.29 bits per heavy atom. The Morgan fingerprint density at radius 1 is 1.09 bits per heavy atom. The lowest BCUT2D eigenvalue weighted by Gasteiger charge is -2.38. The zero-order valence-electron chi connectivity index (χ0n) is 19.7. The van der Waals surface area contributed by atoms with Gasteiger partial charge in [-0.3, -0.25) is 9.59 Å². The molecule has 2 aromatic carbocycles. The minimum atomic E-state index is -0.867. The highest BCUT2D eigenvalue weighted by molar-refractivity contribution is 5.80. The quantitative estimate of drug-likeness (QED) is 0.633. The Morgan fingerprint density at radius 2 is 1.71 bits per heavy atom. The number of carbonyl (C=O) groups is 3. The van der Waals surface area contributed by atoms with Gasteiger partial charge in [0, 0.05) is 31.0 Å². The Hall–Kier alpha value is -3.35. The molecule has 180 valence electrons. The van der Waals surface area contributed by atoms with Gasteiger partial charge in [0.05, 0.1) is 5.92 Å². The monoisotopic (exact) mass is 464 g/mol. The summed E-state index contributed by atoms with van der Waals surface area (Å²) in [6, 6.07) is 15.6. The summed E-state index contributed by atoms with van der Waals surface area (Å²) in [5.41, 5.74) is 4.62. The number of aliphatic carboxylic acids is 1. The number of carboxylic acids is 1. The molecule has 2 N–H and O–H groups in total. The van der Waals surface area contributed by atoms with Crippen molar-refractivity contribution in [3.05, 3.63) is 59.7 Å². The van der Waals surface area contributed by atoms with Gasteiger partial charge in [0.1, 0.15) is 6.61 Å². The molecule has 2 unspecified atom stereocenters. The molecule has 0 saturated carbocycles. The lowest BCUT2D eigenvalue weighted by Crippen LogP contribution is -2.50. The zero-order valence-corrected chi connectivity index (χ0v) is 19.7. The van der Waals surface area contributed by atoms with Crippen molar-refractivity contribution >= 4 is 18.0 Å². The number of likely N-dealkylation sites (tertiary alicyclic amines) is 1. The van der Waals surface area contributed by atoms with Crippen molar-refractivity contribution in [2.24, 2.45) is 5.92 Å². The molecular formula is C27H32N2O5. The number of ether oxygens (including phenoxy) is 1. The van der Waals surface area contributed by atoms with E-state index in [0.717, 1.165) is 11.1 Å². The third-order valence-corrected chi connectivity index (χ3v) is 7.21. The Balaban J connectivity index is 1.34. The van der Waals surface area contributed by atoms with Gasteiger partial charge in [-0.15, -0.1) is 0 Å². The van der Waals surface area contributed by atoms with E-state index in [1.807, 2.05) is 31.2 Å². The summed E-state index contributed by atoms with van der Waals surface area (Å²) >= 11 is 0. The van der Waals surface area contributed by atoms with Crippen molar-refractivity contribution in [3.8, 4) is 11.1 Å². The molecule has 0 bridgehead atoms. The van der Waals surface area contributed by atoms with Gasteiger partial charge in [-0.2, -0.15) is 0 Å². The average Bonchev–Trinajstić information content (AvgIpc) is 3.16. The number of carbonyl (C=O) groups excluding carboxylic acids is 2. The van der Waals surface area contributed by atoms with Crippen LogP contribution in [-0.2, 0) is 14.3 Å². The average molecular weight is 465 g/mol. The number of hydrogen-bond acceptors (Lipinski definition) is 4. The molecule has 2 aliphatic rings. The molecule has 7 nitrogen and oxygen atoms in total. The summed E-state index contributed by atoms with van der Waals surface area (Å²) in [4.78, 5) is 38.7. The summed E-state index contributed by atoms with van der Waals surface area (Å²) in [6.07, 6.45) is 1.40. The number of alkyl carbamates (subject to hydrolysis) is 1. The summed E-state index contributed by atoms with van der Waals surface area (Å²) < 4.78 is 5.62. The van der Waals surface area contributed by atoms with Crippen molar-refractivity contribution in [2.75, 3.05) is 13.2 Å². The number of amides is 2. The highest BCUT2D eigenvalue weighted by atomic mass is 16.5. The van der Waals surface area contributed by atoms with Crippen LogP contribution in [0.15, 0.2) is 48.5 Å². The number of nitrogens with one attached hydrogen (secondary N) is 1. The van der Waals surface area contributed by atoms with Crippen molar-refractivity contribution in [1.29, 1.82) is 0 Å². The maximum absolute atomic E-state index is 12.9. The molecule has 4 rings (SSSR count). The lowest BCUT2D eigenvalue weighted by atomic mass is 9.90. The number of benzene rings is 2. The van der Waals surface area contributed by atoms with E-state index in [-0.39, 0.29) is 36.9 Å². The van der Waals surface area contributed by atoms with Crippen LogP contribution in [0.3, 0.4) is 0 Å². The Labute approximate surface area is 200 Å². The first kappa shape index (κ1) is 23.8. The van der Waals surface area contributed by atoms with Crippen molar-refractivity contribution in [2.45, 2.75) is 57.5 Å². The van der Waals surface area contributed by atoms with Crippen LogP contribution in [0.4, 0.5) is 4.79 Å². The van der Waals surface area contributed by atoms with Gasteiger partial charge >= 0.3 is 12.1 Å². The van der Waals surface area contributed by atoms with E-state index in [4.69, 9.17) is 4.74 Å². The number of rotatable bonds is 7. The van der Waals surface area contributed by atoms with Crippen LogP contribution in [0.1, 0.15) is 56.6 Å². The molecule has 0 aromatic heterocycles. The molecule has 1 aliphatic heterocycles. The normalized spacial score (nSPS) is 20.2. The first-order valence-corrected chi connectivity index (χ1v) is 12.0. The van der Waals surface area contributed by atoms with E-state index in [9.17, 15) is 19.5 Å².